The third-order valence-corrected chi connectivity index (χ3v) is 1.53. The second-order valence-electron chi connectivity index (χ2n) is 2.34. The zero-order valence-electron chi connectivity index (χ0n) is 6.70. The number of methoxy groups -OCH3 is 1. The van der Waals surface area contributed by atoms with Crippen LogP contribution in [0.25, 0.3) is 0 Å². The zero-order valence-corrected chi connectivity index (χ0v) is 6.70. The maximum Gasteiger partial charge on any atom is 0.178 e. The summed E-state index contributed by atoms with van der Waals surface area (Å²) in [5, 5.41) is 8.84. The summed E-state index contributed by atoms with van der Waals surface area (Å²) in [7, 11) is 1.56. The molecular formula is C8H12O3. The number of hydrogen-bond acceptors (Lipinski definition) is 3. The van der Waals surface area contributed by atoms with Crippen LogP contribution in [0.1, 0.15) is 6.92 Å². The number of ether oxygens (including phenoxy) is 2. The van der Waals surface area contributed by atoms with Gasteiger partial charge in [0.25, 0.3) is 0 Å². The number of allylic oxidation sites excluding steroid dienone is 3. The van der Waals surface area contributed by atoms with Crippen molar-refractivity contribution in [3.05, 3.63) is 23.7 Å². The Balaban J connectivity index is 2.71. The predicted molar refractivity (Wildman–Crippen MR) is 40.8 cm³/mol. The van der Waals surface area contributed by atoms with Crippen molar-refractivity contribution in [1.82, 2.24) is 0 Å². The van der Waals surface area contributed by atoms with Gasteiger partial charge >= 0.3 is 0 Å². The van der Waals surface area contributed by atoms with E-state index in [1.54, 1.807) is 13.2 Å². The summed E-state index contributed by atoms with van der Waals surface area (Å²) in [4.78, 5) is 0. The quantitative estimate of drug-likeness (QED) is 0.643. The van der Waals surface area contributed by atoms with Crippen LogP contribution < -0.4 is 0 Å². The summed E-state index contributed by atoms with van der Waals surface area (Å²) in [6.07, 6.45) is 3.29. The van der Waals surface area contributed by atoms with Crippen LogP contribution in [0.3, 0.4) is 0 Å². The van der Waals surface area contributed by atoms with Gasteiger partial charge < -0.3 is 14.6 Å². The molecule has 1 N–H and O–H groups in total. The lowest BCUT2D eigenvalue weighted by Crippen LogP contribution is -2.22. The predicted octanol–water partition coefficient (Wildman–Crippen LogP) is 0.812. The van der Waals surface area contributed by atoms with Crippen molar-refractivity contribution in [3.8, 4) is 0 Å². The number of rotatable bonds is 2. The second-order valence-corrected chi connectivity index (χ2v) is 2.34. The fourth-order valence-electron chi connectivity index (χ4n) is 0.955. The molecule has 0 bridgehead atoms. The van der Waals surface area contributed by atoms with Gasteiger partial charge in [-0.25, -0.2) is 0 Å². The van der Waals surface area contributed by atoms with Crippen molar-refractivity contribution in [2.75, 3.05) is 13.7 Å². The molecule has 1 unspecified atom stereocenters. The highest BCUT2D eigenvalue weighted by atomic mass is 16.5. The van der Waals surface area contributed by atoms with Crippen molar-refractivity contribution in [3.63, 3.8) is 0 Å². The third-order valence-electron chi connectivity index (χ3n) is 1.53. The average molecular weight is 156 g/mol. The van der Waals surface area contributed by atoms with Crippen molar-refractivity contribution in [2.24, 2.45) is 0 Å². The van der Waals surface area contributed by atoms with E-state index < -0.39 is 0 Å². The minimum atomic E-state index is -0.329. The fraction of sp³-hybridized carbons (Fsp3) is 0.500. The van der Waals surface area contributed by atoms with E-state index in [-0.39, 0.29) is 12.7 Å². The minimum Gasteiger partial charge on any atom is -0.497 e. The minimum absolute atomic E-state index is 0.0507. The van der Waals surface area contributed by atoms with E-state index in [1.807, 2.05) is 13.0 Å². The SMILES string of the molecule is COC1=CC=C(C)OC1CO. The van der Waals surface area contributed by atoms with Gasteiger partial charge in [-0.05, 0) is 19.1 Å². The number of aliphatic hydroxyl groups is 1. The van der Waals surface area contributed by atoms with E-state index in [2.05, 4.69) is 0 Å². The van der Waals surface area contributed by atoms with Crippen LogP contribution in [-0.2, 0) is 9.47 Å². The highest BCUT2D eigenvalue weighted by molar-refractivity contribution is 5.18. The molecule has 1 atom stereocenters. The van der Waals surface area contributed by atoms with E-state index in [4.69, 9.17) is 14.6 Å². The summed E-state index contributed by atoms with van der Waals surface area (Å²) < 4.78 is 10.2. The zero-order chi connectivity index (χ0) is 8.27. The molecule has 1 heterocycles. The van der Waals surface area contributed by atoms with E-state index >= 15 is 0 Å². The molecule has 0 spiro atoms. The van der Waals surface area contributed by atoms with E-state index in [9.17, 15) is 0 Å². The lowest BCUT2D eigenvalue weighted by molar-refractivity contribution is 0.0408. The van der Waals surface area contributed by atoms with Crippen LogP contribution in [-0.4, -0.2) is 24.9 Å². The summed E-state index contributed by atoms with van der Waals surface area (Å²) in [5.41, 5.74) is 0. The Labute approximate surface area is 65.9 Å². The van der Waals surface area contributed by atoms with Crippen molar-refractivity contribution in [2.45, 2.75) is 13.0 Å². The first-order chi connectivity index (χ1) is 5.27. The van der Waals surface area contributed by atoms with Crippen LogP contribution in [0.5, 0.6) is 0 Å². The van der Waals surface area contributed by atoms with Gasteiger partial charge in [-0.1, -0.05) is 0 Å². The van der Waals surface area contributed by atoms with Gasteiger partial charge in [0.2, 0.25) is 0 Å². The first-order valence-corrected chi connectivity index (χ1v) is 3.48. The Bertz CT molecular complexity index is 194. The number of aliphatic hydroxyl groups excluding tert-OH is 1. The summed E-state index contributed by atoms with van der Waals surface area (Å²) in [5.74, 6) is 1.46. The maximum absolute atomic E-state index is 8.84. The van der Waals surface area contributed by atoms with Gasteiger partial charge in [0, 0.05) is 0 Å². The summed E-state index contributed by atoms with van der Waals surface area (Å²) in [6, 6.07) is 0. The highest BCUT2D eigenvalue weighted by Crippen LogP contribution is 2.17. The van der Waals surface area contributed by atoms with Gasteiger partial charge in [-0.2, -0.15) is 0 Å². The first-order valence-electron chi connectivity index (χ1n) is 3.48. The largest absolute Gasteiger partial charge is 0.497 e. The molecule has 11 heavy (non-hydrogen) atoms. The molecule has 0 saturated heterocycles. The molecule has 0 aromatic rings. The molecule has 0 radical (unpaired) electrons. The van der Waals surface area contributed by atoms with E-state index in [0.29, 0.717) is 5.76 Å². The molecule has 3 heteroatoms. The van der Waals surface area contributed by atoms with E-state index in [0.717, 1.165) is 5.76 Å². The molecule has 0 aromatic carbocycles. The molecule has 3 nitrogen and oxygen atoms in total. The lowest BCUT2D eigenvalue weighted by Gasteiger charge is -2.21. The van der Waals surface area contributed by atoms with Crippen molar-refractivity contribution in [1.29, 1.82) is 0 Å². The van der Waals surface area contributed by atoms with Gasteiger partial charge in [0.1, 0.15) is 5.76 Å². The normalized spacial score (nSPS) is 23.4. The molecule has 0 aromatic heterocycles. The summed E-state index contributed by atoms with van der Waals surface area (Å²) >= 11 is 0. The monoisotopic (exact) mass is 156 g/mol. The fourth-order valence-corrected chi connectivity index (χ4v) is 0.955. The smallest absolute Gasteiger partial charge is 0.178 e. The van der Waals surface area contributed by atoms with Gasteiger partial charge in [0.05, 0.1) is 19.5 Å². The van der Waals surface area contributed by atoms with Crippen molar-refractivity contribution >= 4 is 0 Å². The highest BCUT2D eigenvalue weighted by Gasteiger charge is 2.17. The lowest BCUT2D eigenvalue weighted by atomic mass is 10.2. The molecule has 1 aliphatic heterocycles. The molecule has 1 aliphatic rings. The Hall–Kier alpha value is -0.960. The standard InChI is InChI=1S/C8H12O3/c1-6-3-4-7(10-2)8(5-9)11-6/h3-4,8-9H,5H2,1-2H3. The summed E-state index contributed by atoms with van der Waals surface area (Å²) in [6.45, 7) is 1.79. The second kappa shape index (κ2) is 3.44. The Kier molecular flexibility index (Phi) is 2.54. The van der Waals surface area contributed by atoms with Gasteiger partial charge in [-0.3, -0.25) is 0 Å². The molecular weight excluding hydrogens is 144 g/mol. The van der Waals surface area contributed by atoms with Crippen molar-refractivity contribution < 1.29 is 14.6 Å². The van der Waals surface area contributed by atoms with Gasteiger partial charge in [-0.15, -0.1) is 0 Å². The molecule has 62 valence electrons. The molecule has 1 rings (SSSR count). The third kappa shape index (κ3) is 1.74. The van der Waals surface area contributed by atoms with Crippen LogP contribution in [0.4, 0.5) is 0 Å². The molecule has 0 saturated carbocycles. The van der Waals surface area contributed by atoms with Crippen LogP contribution in [0, 0.1) is 0 Å². The van der Waals surface area contributed by atoms with Gasteiger partial charge in [0.15, 0.2) is 6.10 Å². The Morgan fingerprint density at radius 3 is 2.91 bits per heavy atom. The molecule has 0 aliphatic carbocycles. The van der Waals surface area contributed by atoms with Crippen LogP contribution in [0.2, 0.25) is 0 Å². The first kappa shape index (κ1) is 8.14. The number of hydrogen-bond donors (Lipinski definition) is 1. The topological polar surface area (TPSA) is 38.7 Å². The Morgan fingerprint density at radius 1 is 1.64 bits per heavy atom. The Morgan fingerprint density at radius 2 is 2.36 bits per heavy atom. The van der Waals surface area contributed by atoms with E-state index in [1.165, 1.54) is 0 Å². The average Bonchev–Trinajstić information content (AvgIpc) is 2.04. The van der Waals surface area contributed by atoms with Crippen LogP contribution in [0.15, 0.2) is 23.7 Å². The molecule has 0 amide bonds. The molecule has 0 fully saturated rings. The van der Waals surface area contributed by atoms with Crippen LogP contribution >= 0.6 is 0 Å². The maximum atomic E-state index is 8.84.